The van der Waals surface area contributed by atoms with E-state index in [4.69, 9.17) is 10.5 Å². The molecule has 1 aromatic rings. The highest BCUT2D eigenvalue weighted by molar-refractivity contribution is 5.54. The second-order valence-corrected chi connectivity index (χ2v) is 3.91. The Kier molecular flexibility index (Phi) is 4.71. The minimum Gasteiger partial charge on any atom is -0.383 e. The third kappa shape index (κ3) is 3.18. The number of nitrogens with zero attached hydrogens (tertiary/aromatic N) is 1. The van der Waals surface area contributed by atoms with Gasteiger partial charge in [0.1, 0.15) is 5.82 Å². The zero-order valence-electron chi connectivity index (χ0n) is 10.0. The molecule has 0 radical (unpaired) electrons. The topological polar surface area (TPSA) is 38.5 Å². The van der Waals surface area contributed by atoms with Gasteiger partial charge >= 0.3 is 0 Å². The zero-order valence-corrected chi connectivity index (χ0v) is 10.0. The molecule has 0 amide bonds. The van der Waals surface area contributed by atoms with Crippen LogP contribution >= 0.6 is 0 Å². The molecule has 90 valence electrons. The Morgan fingerprint density at radius 1 is 1.50 bits per heavy atom. The summed E-state index contributed by atoms with van der Waals surface area (Å²) < 4.78 is 18.1. The van der Waals surface area contributed by atoms with Crippen molar-refractivity contribution < 1.29 is 9.13 Å². The van der Waals surface area contributed by atoms with Crippen LogP contribution in [0.4, 0.5) is 10.1 Å². The summed E-state index contributed by atoms with van der Waals surface area (Å²) in [5.74, 6) is -0.254. The van der Waals surface area contributed by atoms with Gasteiger partial charge in [0, 0.05) is 32.4 Å². The van der Waals surface area contributed by atoms with E-state index in [2.05, 4.69) is 0 Å². The van der Waals surface area contributed by atoms with Crippen LogP contribution in [0.1, 0.15) is 18.5 Å². The molecule has 0 saturated heterocycles. The summed E-state index contributed by atoms with van der Waals surface area (Å²) in [5.41, 5.74) is 7.60. The molecule has 16 heavy (non-hydrogen) atoms. The van der Waals surface area contributed by atoms with Crippen LogP contribution in [0.3, 0.4) is 0 Å². The lowest BCUT2D eigenvalue weighted by atomic mass is 10.1. The lowest BCUT2D eigenvalue weighted by molar-refractivity contribution is 0.206. The Morgan fingerprint density at radius 3 is 2.75 bits per heavy atom. The second kappa shape index (κ2) is 5.82. The van der Waals surface area contributed by atoms with Crippen molar-refractivity contribution >= 4 is 5.69 Å². The zero-order chi connectivity index (χ0) is 12.1. The summed E-state index contributed by atoms with van der Waals surface area (Å²) >= 11 is 0. The minimum atomic E-state index is -0.254. The number of methoxy groups -OCH3 is 1. The molecule has 1 unspecified atom stereocenters. The maximum absolute atomic E-state index is 13.1. The number of benzene rings is 1. The number of nitrogens with two attached hydrogens (primary N) is 1. The first-order valence-electron chi connectivity index (χ1n) is 5.31. The van der Waals surface area contributed by atoms with Crippen molar-refractivity contribution in [2.24, 2.45) is 5.73 Å². The van der Waals surface area contributed by atoms with Gasteiger partial charge in [-0.3, -0.25) is 0 Å². The fourth-order valence-corrected chi connectivity index (χ4v) is 1.59. The lowest BCUT2D eigenvalue weighted by Gasteiger charge is -2.23. The number of likely N-dealkylation sites (N-methyl/N-ethyl adjacent to an activating group) is 1. The lowest BCUT2D eigenvalue weighted by Crippen LogP contribution is -2.24. The number of halogens is 1. The predicted octanol–water partition coefficient (Wildman–Crippen LogP) is 1.93. The van der Waals surface area contributed by atoms with Crippen LogP contribution in [-0.4, -0.2) is 27.3 Å². The van der Waals surface area contributed by atoms with Crippen molar-refractivity contribution in [1.29, 1.82) is 0 Å². The predicted molar refractivity (Wildman–Crippen MR) is 64.1 cm³/mol. The Bertz CT molecular complexity index is 342. The molecule has 0 aromatic heterocycles. The van der Waals surface area contributed by atoms with E-state index in [1.54, 1.807) is 13.2 Å². The molecule has 1 rings (SSSR count). The Hall–Kier alpha value is -1.13. The number of ether oxygens (including phenoxy) is 1. The van der Waals surface area contributed by atoms with Gasteiger partial charge in [0.05, 0.1) is 6.61 Å². The van der Waals surface area contributed by atoms with E-state index in [-0.39, 0.29) is 11.9 Å². The van der Waals surface area contributed by atoms with Crippen LogP contribution in [0.2, 0.25) is 0 Å². The van der Waals surface area contributed by atoms with Crippen molar-refractivity contribution in [2.75, 3.05) is 32.2 Å². The molecule has 1 atom stereocenters. The van der Waals surface area contributed by atoms with Gasteiger partial charge in [-0.2, -0.15) is 0 Å². The first-order chi connectivity index (χ1) is 7.56. The normalized spacial score (nSPS) is 12.6. The van der Waals surface area contributed by atoms with Crippen LogP contribution in [0.15, 0.2) is 18.2 Å². The van der Waals surface area contributed by atoms with Crippen LogP contribution < -0.4 is 10.6 Å². The molecule has 1 aromatic carbocycles. The first-order valence-corrected chi connectivity index (χ1v) is 5.31. The summed E-state index contributed by atoms with van der Waals surface area (Å²) in [6.07, 6.45) is 0. The Labute approximate surface area is 96.0 Å². The molecule has 2 N–H and O–H groups in total. The van der Waals surface area contributed by atoms with Gasteiger partial charge in [-0.1, -0.05) is 0 Å². The highest BCUT2D eigenvalue weighted by atomic mass is 19.1. The van der Waals surface area contributed by atoms with Crippen LogP contribution in [0.25, 0.3) is 0 Å². The summed E-state index contributed by atoms with van der Waals surface area (Å²) in [4.78, 5) is 2.02. The summed E-state index contributed by atoms with van der Waals surface area (Å²) in [7, 11) is 3.60. The van der Waals surface area contributed by atoms with Crippen LogP contribution in [0, 0.1) is 5.82 Å². The summed E-state index contributed by atoms with van der Waals surface area (Å²) in [6, 6.07) is 4.51. The van der Waals surface area contributed by atoms with Gasteiger partial charge in [0.2, 0.25) is 0 Å². The summed E-state index contributed by atoms with van der Waals surface area (Å²) in [5, 5.41) is 0. The monoisotopic (exact) mass is 226 g/mol. The molecule has 0 aliphatic heterocycles. The van der Waals surface area contributed by atoms with Gasteiger partial charge < -0.3 is 15.4 Å². The molecule has 0 bridgehead atoms. The van der Waals surface area contributed by atoms with E-state index in [1.165, 1.54) is 12.1 Å². The highest BCUT2D eigenvalue weighted by Gasteiger charge is 2.11. The highest BCUT2D eigenvalue weighted by Crippen LogP contribution is 2.25. The molecule has 0 aliphatic carbocycles. The molecular formula is C12H19FN2O. The average Bonchev–Trinajstić information content (AvgIpc) is 2.25. The van der Waals surface area contributed by atoms with Crippen molar-refractivity contribution in [2.45, 2.75) is 13.0 Å². The van der Waals surface area contributed by atoms with E-state index in [9.17, 15) is 4.39 Å². The molecule has 0 heterocycles. The fourth-order valence-electron chi connectivity index (χ4n) is 1.59. The molecule has 4 heteroatoms. The molecule has 0 fully saturated rings. The van der Waals surface area contributed by atoms with Crippen molar-refractivity contribution in [1.82, 2.24) is 0 Å². The largest absolute Gasteiger partial charge is 0.383 e. The SMILES string of the molecule is COCCN(C)c1ccc(F)cc1C(C)N. The van der Waals surface area contributed by atoms with Crippen molar-refractivity contribution in [3.05, 3.63) is 29.6 Å². The maximum Gasteiger partial charge on any atom is 0.123 e. The van der Waals surface area contributed by atoms with Gasteiger partial charge in [-0.25, -0.2) is 4.39 Å². The smallest absolute Gasteiger partial charge is 0.123 e. The van der Waals surface area contributed by atoms with Crippen LogP contribution in [-0.2, 0) is 4.74 Å². The molecule has 0 spiro atoms. The van der Waals surface area contributed by atoms with Crippen molar-refractivity contribution in [3.8, 4) is 0 Å². The van der Waals surface area contributed by atoms with E-state index < -0.39 is 0 Å². The number of rotatable bonds is 5. The molecule has 0 aliphatic rings. The third-order valence-corrected chi connectivity index (χ3v) is 2.52. The first kappa shape index (κ1) is 12.9. The Morgan fingerprint density at radius 2 is 2.19 bits per heavy atom. The van der Waals surface area contributed by atoms with Crippen LogP contribution in [0.5, 0.6) is 0 Å². The fraction of sp³-hybridized carbons (Fsp3) is 0.500. The second-order valence-electron chi connectivity index (χ2n) is 3.91. The standard InChI is InChI=1S/C12H19FN2O/c1-9(14)11-8-10(13)4-5-12(11)15(2)6-7-16-3/h4-5,8-9H,6-7,14H2,1-3H3. The average molecular weight is 226 g/mol. The minimum absolute atomic E-state index is 0.185. The molecule has 0 saturated carbocycles. The van der Waals surface area contributed by atoms with E-state index in [0.29, 0.717) is 6.61 Å². The van der Waals surface area contributed by atoms with E-state index in [0.717, 1.165) is 17.8 Å². The molecule has 3 nitrogen and oxygen atoms in total. The quantitative estimate of drug-likeness (QED) is 0.833. The maximum atomic E-state index is 13.1. The van der Waals surface area contributed by atoms with Gasteiger partial charge in [0.15, 0.2) is 0 Å². The van der Waals surface area contributed by atoms with Gasteiger partial charge in [-0.15, -0.1) is 0 Å². The van der Waals surface area contributed by atoms with E-state index in [1.807, 2.05) is 18.9 Å². The number of hydrogen-bond donors (Lipinski definition) is 1. The molecular weight excluding hydrogens is 207 g/mol. The van der Waals surface area contributed by atoms with Gasteiger partial charge in [-0.05, 0) is 30.7 Å². The summed E-state index contributed by atoms with van der Waals surface area (Å²) in [6.45, 7) is 3.23. The number of anilines is 1. The number of hydrogen-bond acceptors (Lipinski definition) is 3. The Balaban J connectivity index is 2.93. The third-order valence-electron chi connectivity index (χ3n) is 2.52. The van der Waals surface area contributed by atoms with E-state index >= 15 is 0 Å². The van der Waals surface area contributed by atoms with Crippen molar-refractivity contribution in [3.63, 3.8) is 0 Å². The van der Waals surface area contributed by atoms with Gasteiger partial charge in [0.25, 0.3) is 0 Å².